The highest BCUT2D eigenvalue weighted by Crippen LogP contribution is 2.61. The number of fused-ring (bicyclic) bond motifs is 5. The quantitative estimate of drug-likeness (QED) is 0.529. The van der Waals surface area contributed by atoms with Crippen molar-refractivity contribution in [1.82, 2.24) is 4.90 Å². The number of carbonyl (C=O) groups excluding carboxylic acids is 2. The first-order chi connectivity index (χ1) is 17.1. The fourth-order valence-electron chi connectivity index (χ4n) is 6.80. The van der Waals surface area contributed by atoms with Crippen LogP contribution in [0.25, 0.3) is 0 Å². The van der Waals surface area contributed by atoms with Gasteiger partial charge in [0.25, 0.3) is 0 Å². The highest BCUT2D eigenvalue weighted by Gasteiger charge is 2.69. The van der Waals surface area contributed by atoms with E-state index in [4.69, 9.17) is 21.1 Å². The lowest BCUT2D eigenvalue weighted by Gasteiger charge is -2.36. The van der Waals surface area contributed by atoms with E-state index in [2.05, 4.69) is 10.2 Å². The number of ketones is 1. The van der Waals surface area contributed by atoms with E-state index in [0.717, 1.165) is 36.2 Å². The number of Topliss-reactive ketones (excluding diaryl/α,β-unsaturated/α-hetero) is 1. The van der Waals surface area contributed by atoms with Crippen molar-refractivity contribution in [2.75, 3.05) is 18.7 Å². The molecule has 0 saturated carbocycles. The minimum Gasteiger partial charge on any atom is -0.454 e. The van der Waals surface area contributed by atoms with Gasteiger partial charge in [0.1, 0.15) is 5.54 Å². The number of ether oxygens (including phenoxy) is 2. The Morgan fingerprint density at radius 1 is 1.03 bits per heavy atom. The molecule has 1 amide bonds. The van der Waals surface area contributed by atoms with Crippen molar-refractivity contribution in [1.29, 1.82) is 0 Å². The van der Waals surface area contributed by atoms with Gasteiger partial charge in [0.15, 0.2) is 17.3 Å². The first-order valence-electron chi connectivity index (χ1n) is 12.0. The zero-order valence-corrected chi connectivity index (χ0v) is 19.6. The van der Waals surface area contributed by atoms with E-state index in [1.165, 1.54) is 0 Å². The first-order valence-corrected chi connectivity index (χ1v) is 12.3. The first kappa shape index (κ1) is 21.0. The number of anilines is 1. The van der Waals surface area contributed by atoms with Gasteiger partial charge in [0.05, 0.1) is 5.92 Å². The predicted molar refractivity (Wildman–Crippen MR) is 131 cm³/mol. The highest BCUT2D eigenvalue weighted by molar-refractivity contribution is 6.30. The number of rotatable bonds is 3. The standard InChI is InChI=1S/C28H23ClN2O4/c29-18-10-7-16(8-11-18)24-21-6-3-13-31(21)28(19-4-1-2-5-20(19)30-27(28)33)25(24)26(32)17-9-12-22-23(14-17)35-15-34-22/h1-2,4-5,7-12,14,21,24-25H,3,6,13,15H2,(H,30,33)/t21-,24-,25+,28-/m1/s1. The van der Waals surface area contributed by atoms with Gasteiger partial charge in [0, 0.05) is 33.8 Å². The number of nitrogens with one attached hydrogen (secondary N) is 1. The molecule has 176 valence electrons. The van der Waals surface area contributed by atoms with Crippen LogP contribution in [-0.2, 0) is 10.3 Å². The van der Waals surface area contributed by atoms with Crippen LogP contribution in [0.2, 0.25) is 5.02 Å². The molecular formula is C28H23ClN2O4. The van der Waals surface area contributed by atoms with E-state index in [0.29, 0.717) is 22.1 Å². The number of hydrogen-bond donors (Lipinski definition) is 1. The summed E-state index contributed by atoms with van der Waals surface area (Å²) in [4.78, 5) is 30.8. The lowest BCUT2D eigenvalue weighted by molar-refractivity contribution is -0.127. The zero-order valence-electron chi connectivity index (χ0n) is 18.9. The van der Waals surface area contributed by atoms with Crippen molar-refractivity contribution < 1.29 is 19.1 Å². The van der Waals surface area contributed by atoms with Crippen LogP contribution >= 0.6 is 11.6 Å². The van der Waals surface area contributed by atoms with Crippen LogP contribution in [0.1, 0.15) is 40.2 Å². The fraction of sp³-hybridized carbons (Fsp3) is 0.286. The molecule has 7 rings (SSSR count). The van der Waals surface area contributed by atoms with E-state index < -0.39 is 11.5 Å². The normalized spacial score (nSPS) is 28.3. The molecule has 0 radical (unpaired) electrons. The Kier molecular flexibility index (Phi) is 4.54. The third-order valence-corrected chi connectivity index (χ3v) is 8.35. The van der Waals surface area contributed by atoms with E-state index >= 15 is 0 Å². The minimum absolute atomic E-state index is 0.0653. The molecule has 2 saturated heterocycles. The van der Waals surface area contributed by atoms with Crippen molar-refractivity contribution >= 4 is 29.0 Å². The molecule has 7 heteroatoms. The van der Waals surface area contributed by atoms with E-state index in [1.54, 1.807) is 18.2 Å². The molecule has 4 heterocycles. The second-order valence-corrected chi connectivity index (χ2v) is 10.1. The van der Waals surface area contributed by atoms with Gasteiger partial charge in [-0.1, -0.05) is 41.9 Å². The third-order valence-electron chi connectivity index (χ3n) is 8.10. The molecule has 4 aliphatic rings. The number of benzene rings is 3. The van der Waals surface area contributed by atoms with Gasteiger partial charge in [-0.25, -0.2) is 0 Å². The van der Waals surface area contributed by atoms with Crippen LogP contribution in [0.4, 0.5) is 5.69 Å². The van der Waals surface area contributed by atoms with Gasteiger partial charge >= 0.3 is 0 Å². The molecule has 4 aliphatic heterocycles. The molecule has 3 aromatic rings. The highest BCUT2D eigenvalue weighted by atomic mass is 35.5. The Morgan fingerprint density at radius 3 is 2.69 bits per heavy atom. The van der Waals surface area contributed by atoms with Crippen LogP contribution in [0.5, 0.6) is 11.5 Å². The fourth-order valence-corrected chi connectivity index (χ4v) is 6.93. The van der Waals surface area contributed by atoms with Gasteiger partial charge in [0.2, 0.25) is 12.7 Å². The summed E-state index contributed by atoms with van der Waals surface area (Å²) in [5.41, 5.74) is 2.14. The van der Waals surface area contributed by atoms with Crippen molar-refractivity contribution in [3.8, 4) is 11.5 Å². The molecule has 3 aromatic carbocycles. The molecular weight excluding hydrogens is 464 g/mol. The van der Waals surface area contributed by atoms with E-state index in [1.807, 2.05) is 48.5 Å². The lowest BCUT2D eigenvalue weighted by Crippen LogP contribution is -2.52. The number of para-hydroxylation sites is 1. The van der Waals surface area contributed by atoms with Crippen molar-refractivity contribution in [2.45, 2.75) is 30.3 Å². The lowest BCUT2D eigenvalue weighted by atomic mass is 9.69. The molecule has 1 N–H and O–H groups in total. The molecule has 6 nitrogen and oxygen atoms in total. The Bertz CT molecular complexity index is 1370. The predicted octanol–water partition coefficient (Wildman–Crippen LogP) is 4.98. The Hall–Kier alpha value is -3.35. The third kappa shape index (κ3) is 2.81. The molecule has 1 spiro atoms. The summed E-state index contributed by atoms with van der Waals surface area (Å²) in [5, 5.41) is 3.75. The number of halogens is 1. The second kappa shape index (κ2) is 7.57. The number of hydrogen-bond acceptors (Lipinski definition) is 5. The van der Waals surface area contributed by atoms with Crippen LogP contribution in [-0.4, -0.2) is 36.0 Å². The maximum atomic E-state index is 14.5. The maximum absolute atomic E-state index is 14.5. The molecule has 4 atom stereocenters. The number of nitrogens with zero attached hydrogens (tertiary/aromatic N) is 1. The van der Waals surface area contributed by atoms with Gasteiger partial charge in [-0.2, -0.15) is 0 Å². The second-order valence-electron chi connectivity index (χ2n) is 9.66. The summed E-state index contributed by atoms with van der Waals surface area (Å²) in [6.45, 7) is 0.904. The molecule has 2 fully saturated rings. The Morgan fingerprint density at radius 2 is 1.83 bits per heavy atom. The van der Waals surface area contributed by atoms with Crippen LogP contribution in [0.3, 0.4) is 0 Å². The van der Waals surface area contributed by atoms with Gasteiger partial charge in [-0.05, 0) is 61.3 Å². The summed E-state index contributed by atoms with van der Waals surface area (Å²) in [7, 11) is 0. The zero-order chi connectivity index (χ0) is 23.7. The van der Waals surface area contributed by atoms with Gasteiger partial charge < -0.3 is 14.8 Å². The SMILES string of the molecule is O=C(c1ccc2c(c1)OCO2)[C@@H]1[C@H](c2ccc(Cl)cc2)[C@H]2CCCN2[C@@]12C(=O)Nc1ccccc12. The summed E-state index contributed by atoms with van der Waals surface area (Å²) >= 11 is 6.22. The number of amides is 1. The van der Waals surface area contributed by atoms with Crippen molar-refractivity contribution in [3.63, 3.8) is 0 Å². The van der Waals surface area contributed by atoms with Crippen LogP contribution in [0.15, 0.2) is 66.7 Å². The summed E-state index contributed by atoms with van der Waals surface area (Å²) in [6.07, 6.45) is 1.91. The Labute approximate surface area is 207 Å². The average molecular weight is 487 g/mol. The van der Waals surface area contributed by atoms with Crippen molar-refractivity contribution in [2.24, 2.45) is 5.92 Å². The summed E-state index contributed by atoms with van der Waals surface area (Å²) < 4.78 is 11.0. The Balaban J connectivity index is 1.46. The largest absolute Gasteiger partial charge is 0.454 e. The van der Waals surface area contributed by atoms with Crippen LogP contribution < -0.4 is 14.8 Å². The number of carbonyl (C=O) groups is 2. The van der Waals surface area contributed by atoms with Crippen LogP contribution in [0, 0.1) is 5.92 Å². The molecule has 0 unspecified atom stereocenters. The van der Waals surface area contributed by atoms with Gasteiger partial charge in [-0.15, -0.1) is 0 Å². The monoisotopic (exact) mass is 486 g/mol. The van der Waals surface area contributed by atoms with E-state index in [9.17, 15) is 9.59 Å². The molecule has 0 aliphatic carbocycles. The summed E-state index contributed by atoms with van der Waals surface area (Å²) in [5.74, 6) is 0.220. The average Bonchev–Trinajstić information content (AvgIpc) is 3.63. The maximum Gasteiger partial charge on any atom is 0.250 e. The van der Waals surface area contributed by atoms with Crippen molar-refractivity contribution in [3.05, 3.63) is 88.4 Å². The van der Waals surface area contributed by atoms with E-state index in [-0.39, 0.29) is 30.4 Å². The summed E-state index contributed by atoms with van der Waals surface area (Å²) in [6, 6.07) is 20.9. The molecule has 0 bridgehead atoms. The van der Waals surface area contributed by atoms with Gasteiger partial charge in [-0.3, -0.25) is 14.5 Å². The minimum atomic E-state index is -1.07. The topological polar surface area (TPSA) is 67.9 Å². The molecule has 35 heavy (non-hydrogen) atoms. The molecule has 0 aromatic heterocycles. The smallest absolute Gasteiger partial charge is 0.250 e.